The number of carbonyl (C=O) groups excluding carboxylic acids is 2. The van der Waals surface area contributed by atoms with Gasteiger partial charge in [0.1, 0.15) is 6.04 Å². The molecule has 1 aliphatic rings. The summed E-state index contributed by atoms with van der Waals surface area (Å²) in [5.74, 6) is -1.35. The van der Waals surface area contributed by atoms with E-state index in [-0.39, 0.29) is 6.42 Å². The van der Waals surface area contributed by atoms with Gasteiger partial charge in [-0.05, 0) is 0 Å². The Morgan fingerprint density at radius 2 is 1.91 bits per heavy atom. The molecule has 62 valence electrons. The van der Waals surface area contributed by atoms with Gasteiger partial charge in [-0.25, -0.2) is 0 Å². The number of carbonyl (C=O) groups is 2. The molecule has 0 radical (unpaired) electrons. The summed E-state index contributed by atoms with van der Waals surface area (Å²) < 4.78 is 8.73. The van der Waals surface area contributed by atoms with Crippen molar-refractivity contribution >= 4 is 11.9 Å². The lowest BCUT2D eigenvalue weighted by molar-refractivity contribution is -0.179. The Labute approximate surface area is 62.4 Å². The lowest BCUT2D eigenvalue weighted by atomic mass is 10.2. The molecule has 6 heteroatoms. The van der Waals surface area contributed by atoms with Crippen molar-refractivity contribution in [2.75, 3.05) is 0 Å². The Balaban J connectivity index is 2.66. The van der Waals surface area contributed by atoms with E-state index in [0.29, 0.717) is 0 Å². The van der Waals surface area contributed by atoms with Crippen LogP contribution in [-0.2, 0) is 19.1 Å². The van der Waals surface area contributed by atoms with E-state index in [0.717, 1.165) is 0 Å². The van der Waals surface area contributed by atoms with Gasteiger partial charge in [0.25, 0.3) is 0 Å². The maximum absolute atomic E-state index is 10.7. The third kappa shape index (κ3) is 1.89. The minimum atomic E-state index is -1.32. The highest BCUT2D eigenvalue weighted by Gasteiger charge is 2.28. The fraction of sp³-hybridized carbons (Fsp3) is 0.600. The van der Waals surface area contributed by atoms with E-state index in [4.69, 9.17) is 11.5 Å². The lowest BCUT2D eigenvalue weighted by Crippen LogP contribution is -2.34. The van der Waals surface area contributed by atoms with Crippen LogP contribution < -0.4 is 11.5 Å². The summed E-state index contributed by atoms with van der Waals surface area (Å²) in [6.07, 6.45) is -1.50. The average Bonchev–Trinajstić information content (AvgIpc) is 1.93. The minimum absolute atomic E-state index is 0.188. The molecule has 0 spiro atoms. The Morgan fingerprint density at radius 1 is 1.27 bits per heavy atom. The standard InChI is InChI=1S/C5H8N2O4/c6-2-1-3(8)10-5(7)11-4(2)9/h2,5H,1,6-7H2. The van der Waals surface area contributed by atoms with Crippen LogP contribution in [0.15, 0.2) is 0 Å². The van der Waals surface area contributed by atoms with Crippen LogP contribution in [0.3, 0.4) is 0 Å². The Bertz CT molecular complexity index is 193. The molecule has 0 aromatic carbocycles. The summed E-state index contributed by atoms with van der Waals surface area (Å²) in [4.78, 5) is 21.3. The molecule has 0 aromatic heterocycles. The van der Waals surface area contributed by atoms with Crippen LogP contribution in [0.2, 0.25) is 0 Å². The zero-order valence-corrected chi connectivity index (χ0v) is 5.65. The summed E-state index contributed by atoms with van der Waals surface area (Å²) in [5.41, 5.74) is 10.2. The second-order valence-corrected chi connectivity index (χ2v) is 2.11. The smallest absolute Gasteiger partial charge is 0.327 e. The quantitative estimate of drug-likeness (QED) is 0.399. The number of ether oxygens (including phenoxy) is 2. The van der Waals surface area contributed by atoms with Crippen LogP contribution in [-0.4, -0.2) is 24.4 Å². The second kappa shape index (κ2) is 2.85. The highest BCUT2D eigenvalue weighted by atomic mass is 16.7. The van der Waals surface area contributed by atoms with Gasteiger partial charge < -0.3 is 15.2 Å². The molecule has 0 bridgehead atoms. The number of cyclic esters (lactones) is 2. The van der Waals surface area contributed by atoms with Crippen LogP contribution in [0.1, 0.15) is 6.42 Å². The molecule has 6 nitrogen and oxygen atoms in total. The molecule has 11 heavy (non-hydrogen) atoms. The topological polar surface area (TPSA) is 105 Å². The van der Waals surface area contributed by atoms with Crippen LogP contribution in [0, 0.1) is 0 Å². The van der Waals surface area contributed by atoms with E-state index in [1.165, 1.54) is 0 Å². The van der Waals surface area contributed by atoms with E-state index >= 15 is 0 Å². The van der Waals surface area contributed by atoms with E-state index < -0.39 is 24.4 Å². The van der Waals surface area contributed by atoms with Gasteiger partial charge in [-0.15, -0.1) is 0 Å². The zero-order valence-electron chi connectivity index (χ0n) is 5.65. The molecule has 1 fully saturated rings. The highest BCUT2D eigenvalue weighted by Crippen LogP contribution is 2.03. The Hall–Kier alpha value is -1.14. The Morgan fingerprint density at radius 3 is 2.55 bits per heavy atom. The molecule has 1 rings (SSSR count). The molecular weight excluding hydrogens is 152 g/mol. The first-order valence-electron chi connectivity index (χ1n) is 3.01. The van der Waals surface area contributed by atoms with Crippen molar-refractivity contribution in [3.63, 3.8) is 0 Å². The first-order chi connectivity index (χ1) is 5.09. The predicted octanol–water partition coefficient (Wildman–Crippen LogP) is -1.95. The maximum atomic E-state index is 10.7. The molecule has 1 saturated heterocycles. The molecule has 2 unspecified atom stereocenters. The van der Waals surface area contributed by atoms with Crippen molar-refractivity contribution in [3.05, 3.63) is 0 Å². The molecule has 1 aliphatic heterocycles. The highest BCUT2D eigenvalue weighted by molar-refractivity contribution is 5.83. The van der Waals surface area contributed by atoms with E-state index in [9.17, 15) is 9.59 Å². The number of nitrogens with two attached hydrogens (primary N) is 2. The number of esters is 2. The van der Waals surface area contributed by atoms with Gasteiger partial charge in [-0.3, -0.25) is 15.3 Å². The van der Waals surface area contributed by atoms with E-state index in [2.05, 4.69) is 9.47 Å². The summed E-state index contributed by atoms with van der Waals surface area (Å²) >= 11 is 0. The molecule has 2 atom stereocenters. The molecule has 0 aliphatic carbocycles. The fourth-order valence-electron chi connectivity index (χ4n) is 0.666. The molecule has 4 N–H and O–H groups in total. The number of hydrogen-bond acceptors (Lipinski definition) is 6. The molecule has 0 amide bonds. The first-order valence-corrected chi connectivity index (χ1v) is 3.01. The van der Waals surface area contributed by atoms with Gasteiger partial charge in [-0.1, -0.05) is 0 Å². The minimum Gasteiger partial charge on any atom is -0.411 e. The molecule has 0 saturated carbocycles. The van der Waals surface area contributed by atoms with Crippen LogP contribution in [0.5, 0.6) is 0 Å². The van der Waals surface area contributed by atoms with Crippen molar-refractivity contribution in [2.24, 2.45) is 11.5 Å². The average molecular weight is 160 g/mol. The van der Waals surface area contributed by atoms with Crippen molar-refractivity contribution in [2.45, 2.75) is 18.9 Å². The third-order valence-electron chi connectivity index (χ3n) is 1.17. The Kier molecular flexibility index (Phi) is 2.06. The van der Waals surface area contributed by atoms with Gasteiger partial charge in [0.15, 0.2) is 0 Å². The van der Waals surface area contributed by atoms with Gasteiger partial charge in [0, 0.05) is 0 Å². The van der Waals surface area contributed by atoms with Crippen molar-refractivity contribution in [1.82, 2.24) is 0 Å². The number of hydrogen-bond donors (Lipinski definition) is 2. The summed E-state index contributed by atoms with van der Waals surface area (Å²) in [6, 6.07) is -0.962. The van der Waals surface area contributed by atoms with E-state index in [1.807, 2.05) is 0 Å². The normalized spacial score (nSPS) is 32.2. The predicted molar refractivity (Wildman–Crippen MR) is 32.8 cm³/mol. The molecule has 0 aromatic rings. The van der Waals surface area contributed by atoms with E-state index in [1.54, 1.807) is 0 Å². The van der Waals surface area contributed by atoms with Gasteiger partial charge in [-0.2, -0.15) is 0 Å². The zero-order chi connectivity index (χ0) is 8.43. The maximum Gasteiger partial charge on any atom is 0.327 e. The van der Waals surface area contributed by atoms with Crippen LogP contribution in [0.25, 0.3) is 0 Å². The van der Waals surface area contributed by atoms with Crippen molar-refractivity contribution in [1.29, 1.82) is 0 Å². The fourth-order valence-corrected chi connectivity index (χ4v) is 0.666. The number of rotatable bonds is 0. The summed E-state index contributed by atoms with van der Waals surface area (Å²) in [5, 5.41) is 0. The van der Waals surface area contributed by atoms with Crippen molar-refractivity contribution in [3.8, 4) is 0 Å². The lowest BCUT2D eigenvalue weighted by Gasteiger charge is -2.08. The van der Waals surface area contributed by atoms with Crippen molar-refractivity contribution < 1.29 is 19.1 Å². The van der Waals surface area contributed by atoms with Gasteiger partial charge in [0.05, 0.1) is 6.42 Å². The first kappa shape index (κ1) is 7.96. The second-order valence-electron chi connectivity index (χ2n) is 2.11. The van der Waals surface area contributed by atoms with Crippen LogP contribution in [0.4, 0.5) is 0 Å². The van der Waals surface area contributed by atoms with Gasteiger partial charge in [0.2, 0.25) is 0 Å². The van der Waals surface area contributed by atoms with Crippen LogP contribution >= 0.6 is 0 Å². The SMILES string of the molecule is NC1OC(=O)CC(N)C(=O)O1. The molecule has 1 heterocycles. The summed E-state index contributed by atoms with van der Waals surface area (Å²) in [7, 11) is 0. The van der Waals surface area contributed by atoms with Gasteiger partial charge >= 0.3 is 18.4 Å². The summed E-state index contributed by atoms with van der Waals surface area (Å²) in [6.45, 7) is 0. The molecular formula is C5H8N2O4. The largest absolute Gasteiger partial charge is 0.411 e. The monoisotopic (exact) mass is 160 g/mol. The third-order valence-corrected chi connectivity index (χ3v) is 1.17.